The lowest BCUT2D eigenvalue weighted by Gasteiger charge is -2.29. The van der Waals surface area contributed by atoms with Gasteiger partial charge in [0.05, 0.1) is 22.0 Å². The minimum absolute atomic E-state index is 0.0998. The Bertz CT molecular complexity index is 1330. The number of pyridine rings is 2. The van der Waals surface area contributed by atoms with Crippen LogP contribution in [0.1, 0.15) is 37.8 Å². The maximum absolute atomic E-state index is 12.8. The standard InChI is InChI=1S/C20H17ClF3N5O2S/c1-11(20(22,23)24)28-32(30,31)14-5-6-17(26-10-14)18-16(8-25)15-7-12(21)9-27-19(15)29(18)13-3-2-4-13/h5-7,9-11,13,28H,2-4H2,1H3/t11-/m1/s1. The van der Waals surface area contributed by atoms with Crippen LogP contribution in [-0.2, 0) is 10.0 Å². The van der Waals surface area contributed by atoms with Crippen LogP contribution in [0, 0.1) is 11.3 Å². The number of nitrogens with zero attached hydrogens (tertiary/aromatic N) is 4. The molecular weight excluding hydrogens is 467 g/mol. The molecule has 168 valence electrons. The highest BCUT2D eigenvalue weighted by Crippen LogP contribution is 2.41. The minimum atomic E-state index is -4.72. The van der Waals surface area contributed by atoms with Crippen LogP contribution in [0.5, 0.6) is 0 Å². The zero-order valence-electron chi connectivity index (χ0n) is 16.7. The third kappa shape index (κ3) is 3.94. The van der Waals surface area contributed by atoms with Crippen LogP contribution in [-0.4, -0.2) is 35.2 Å². The number of alkyl halides is 3. The molecule has 1 N–H and O–H groups in total. The van der Waals surface area contributed by atoms with Gasteiger partial charge in [-0.2, -0.15) is 23.2 Å². The molecule has 12 heteroatoms. The Kier molecular flexibility index (Phi) is 5.65. The Hall–Kier alpha value is -2.68. The predicted octanol–water partition coefficient (Wildman–Crippen LogP) is 4.58. The SMILES string of the molecule is C[C@@H](NS(=O)(=O)c1ccc(-c2c(C#N)c3cc(Cl)cnc3n2C2CCC2)nc1)C(F)(F)F. The van der Waals surface area contributed by atoms with Gasteiger partial charge in [0.2, 0.25) is 10.0 Å². The summed E-state index contributed by atoms with van der Waals surface area (Å²) in [5, 5.41) is 10.8. The fourth-order valence-corrected chi connectivity index (χ4v) is 4.91. The normalized spacial score (nSPS) is 16.0. The van der Waals surface area contributed by atoms with Gasteiger partial charge in [0.25, 0.3) is 0 Å². The summed E-state index contributed by atoms with van der Waals surface area (Å²) >= 11 is 6.08. The molecule has 0 saturated heterocycles. The lowest BCUT2D eigenvalue weighted by Crippen LogP contribution is -2.42. The maximum Gasteiger partial charge on any atom is 0.404 e. The summed E-state index contributed by atoms with van der Waals surface area (Å²) in [5.41, 5.74) is 1.66. The molecule has 0 aliphatic heterocycles. The molecule has 32 heavy (non-hydrogen) atoms. The van der Waals surface area contributed by atoms with E-state index in [4.69, 9.17) is 11.6 Å². The summed E-state index contributed by atoms with van der Waals surface area (Å²) in [6, 6.07) is 4.18. The van der Waals surface area contributed by atoms with Crippen molar-refractivity contribution in [3.8, 4) is 17.5 Å². The summed E-state index contributed by atoms with van der Waals surface area (Å²) in [4.78, 5) is 8.16. The highest BCUT2D eigenvalue weighted by molar-refractivity contribution is 7.89. The Labute approximate surface area is 186 Å². The van der Waals surface area contributed by atoms with E-state index < -0.39 is 27.1 Å². The van der Waals surface area contributed by atoms with Gasteiger partial charge in [-0.3, -0.25) is 4.98 Å². The van der Waals surface area contributed by atoms with Crippen LogP contribution in [0.2, 0.25) is 5.02 Å². The molecule has 4 rings (SSSR count). The number of sulfonamides is 1. The van der Waals surface area contributed by atoms with Gasteiger partial charge >= 0.3 is 6.18 Å². The second-order valence-electron chi connectivity index (χ2n) is 7.58. The van der Waals surface area contributed by atoms with Gasteiger partial charge in [0.1, 0.15) is 22.7 Å². The highest BCUT2D eigenvalue weighted by Gasteiger charge is 2.39. The Balaban J connectivity index is 1.80. The number of nitrogens with one attached hydrogen (secondary N) is 1. The second kappa shape index (κ2) is 8.03. The molecule has 0 amide bonds. The molecule has 1 aliphatic carbocycles. The van der Waals surface area contributed by atoms with Crippen molar-refractivity contribution in [3.63, 3.8) is 0 Å². The Morgan fingerprint density at radius 2 is 2.00 bits per heavy atom. The number of aromatic nitrogens is 3. The third-order valence-electron chi connectivity index (χ3n) is 5.47. The summed E-state index contributed by atoms with van der Waals surface area (Å²) in [6.07, 6.45) is 0.536. The van der Waals surface area contributed by atoms with E-state index in [0.29, 0.717) is 39.9 Å². The molecular formula is C20H17ClF3N5O2S. The van der Waals surface area contributed by atoms with Crippen LogP contribution >= 0.6 is 11.6 Å². The van der Waals surface area contributed by atoms with E-state index in [2.05, 4.69) is 16.0 Å². The summed E-state index contributed by atoms with van der Waals surface area (Å²) in [5.74, 6) is 0. The lowest BCUT2D eigenvalue weighted by molar-refractivity contribution is -0.147. The smallest absolute Gasteiger partial charge is 0.320 e. The average Bonchev–Trinajstić information content (AvgIpc) is 2.99. The molecule has 7 nitrogen and oxygen atoms in total. The first kappa shape index (κ1) is 22.5. The summed E-state index contributed by atoms with van der Waals surface area (Å²) < 4.78 is 66.5. The fraction of sp³-hybridized carbons (Fsp3) is 0.350. The van der Waals surface area contributed by atoms with Crippen molar-refractivity contribution in [2.75, 3.05) is 0 Å². The summed E-state index contributed by atoms with van der Waals surface area (Å²) in [7, 11) is -4.44. The van der Waals surface area contributed by atoms with Crippen molar-refractivity contribution in [2.24, 2.45) is 0 Å². The number of halogens is 4. The van der Waals surface area contributed by atoms with E-state index in [-0.39, 0.29) is 6.04 Å². The van der Waals surface area contributed by atoms with E-state index in [1.807, 2.05) is 4.57 Å². The van der Waals surface area contributed by atoms with E-state index in [0.717, 1.165) is 31.5 Å². The quantitative estimate of drug-likeness (QED) is 0.572. The van der Waals surface area contributed by atoms with Gasteiger partial charge in [-0.1, -0.05) is 11.6 Å². The minimum Gasteiger partial charge on any atom is -0.320 e. The van der Waals surface area contributed by atoms with Crippen LogP contribution in [0.4, 0.5) is 13.2 Å². The first-order chi connectivity index (χ1) is 15.0. The van der Waals surface area contributed by atoms with Gasteiger partial charge in [0.15, 0.2) is 0 Å². The van der Waals surface area contributed by atoms with Gasteiger partial charge in [-0.25, -0.2) is 13.4 Å². The molecule has 0 spiro atoms. The molecule has 1 fully saturated rings. The second-order valence-corrected chi connectivity index (χ2v) is 9.73. The van der Waals surface area contributed by atoms with Crippen LogP contribution in [0.25, 0.3) is 22.4 Å². The van der Waals surface area contributed by atoms with Gasteiger partial charge < -0.3 is 4.57 Å². The average molecular weight is 484 g/mol. The van der Waals surface area contributed by atoms with Crippen molar-refractivity contribution in [1.29, 1.82) is 5.26 Å². The lowest BCUT2D eigenvalue weighted by atomic mass is 9.92. The number of hydrogen-bond acceptors (Lipinski definition) is 5. The monoisotopic (exact) mass is 483 g/mol. The Morgan fingerprint density at radius 1 is 1.28 bits per heavy atom. The molecule has 3 aromatic rings. The topological polar surface area (TPSA) is 101 Å². The number of hydrogen-bond donors (Lipinski definition) is 1. The van der Waals surface area contributed by atoms with E-state index in [1.54, 1.807) is 10.8 Å². The first-order valence-electron chi connectivity index (χ1n) is 9.68. The van der Waals surface area contributed by atoms with Crippen molar-refractivity contribution in [3.05, 3.63) is 41.2 Å². The van der Waals surface area contributed by atoms with Gasteiger partial charge in [0, 0.05) is 23.8 Å². The molecule has 1 atom stereocenters. The number of nitriles is 1. The Morgan fingerprint density at radius 3 is 2.53 bits per heavy atom. The molecule has 3 aromatic heterocycles. The maximum atomic E-state index is 12.8. The predicted molar refractivity (Wildman–Crippen MR) is 111 cm³/mol. The molecule has 0 unspecified atom stereocenters. The first-order valence-corrected chi connectivity index (χ1v) is 11.5. The van der Waals surface area contributed by atoms with Crippen LogP contribution in [0.15, 0.2) is 35.5 Å². The molecule has 1 saturated carbocycles. The van der Waals surface area contributed by atoms with Crippen LogP contribution < -0.4 is 4.72 Å². The van der Waals surface area contributed by atoms with Crippen molar-refractivity contribution in [2.45, 2.75) is 49.3 Å². The van der Waals surface area contributed by atoms with Gasteiger partial charge in [-0.05, 0) is 44.4 Å². The highest BCUT2D eigenvalue weighted by atomic mass is 35.5. The molecule has 0 radical (unpaired) electrons. The zero-order valence-corrected chi connectivity index (χ0v) is 18.3. The molecule has 0 aromatic carbocycles. The number of rotatable bonds is 5. The van der Waals surface area contributed by atoms with Crippen LogP contribution in [0.3, 0.4) is 0 Å². The fourth-order valence-electron chi connectivity index (χ4n) is 3.57. The summed E-state index contributed by atoms with van der Waals surface area (Å²) in [6.45, 7) is 0.716. The molecule has 3 heterocycles. The van der Waals surface area contributed by atoms with E-state index >= 15 is 0 Å². The van der Waals surface area contributed by atoms with Crippen molar-refractivity contribution < 1.29 is 21.6 Å². The zero-order chi connectivity index (χ0) is 23.3. The van der Waals surface area contributed by atoms with Gasteiger partial charge in [-0.15, -0.1) is 0 Å². The van der Waals surface area contributed by atoms with Crippen molar-refractivity contribution >= 4 is 32.7 Å². The van der Waals surface area contributed by atoms with E-state index in [9.17, 15) is 26.9 Å². The van der Waals surface area contributed by atoms with E-state index in [1.165, 1.54) is 12.3 Å². The third-order valence-corrected chi connectivity index (χ3v) is 7.21. The largest absolute Gasteiger partial charge is 0.404 e. The van der Waals surface area contributed by atoms with Crippen molar-refractivity contribution in [1.82, 2.24) is 19.3 Å². The molecule has 1 aliphatic rings. The molecule has 0 bridgehead atoms. The number of fused-ring (bicyclic) bond motifs is 1.